The van der Waals surface area contributed by atoms with Gasteiger partial charge >= 0.3 is 0 Å². The minimum atomic E-state index is -0.260. The van der Waals surface area contributed by atoms with Crippen molar-refractivity contribution in [2.75, 3.05) is 6.61 Å². The number of aryl methyl sites for hydroxylation is 1. The maximum Gasteiger partial charge on any atom is 0.161 e. The molecule has 19 heavy (non-hydrogen) atoms. The van der Waals surface area contributed by atoms with Gasteiger partial charge in [-0.15, -0.1) is 22.9 Å². The number of halogens is 2. The molecule has 3 rings (SSSR count). The third kappa shape index (κ3) is 2.55. The third-order valence-electron chi connectivity index (χ3n) is 3.01. The van der Waals surface area contributed by atoms with Crippen molar-refractivity contribution in [1.82, 2.24) is 0 Å². The summed E-state index contributed by atoms with van der Waals surface area (Å²) in [6.45, 7) is 2.42. The van der Waals surface area contributed by atoms with Gasteiger partial charge in [0.2, 0.25) is 0 Å². The van der Waals surface area contributed by atoms with E-state index in [4.69, 9.17) is 32.7 Å². The predicted molar refractivity (Wildman–Crippen MR) is 79.0 cm³/mol. The lowest BCUT2D eigenvalue weighted by Crippen LogP contribution is -2.32. The Hall–Kier alpha value is -0.900. The number of hydrogen-bond acceptors (Lipinski definition) is 3. The molecule has 1 aliphatic rings. The van der Waals surface area contributed by atoms with E-state index in [1.807, 2.05) is 37.3 Å². The first-order chi connectivity index (χ1) is 9.15. The summed E-state index contributed by atoms with van der Waals surface area (Å²) in [6, 6.07) is 9.62. The topological polar surface area (TPSA) is 18.5 Å². The molecule has 0 saturated carbocycles. The van der Waals surface area contributed by atoms with Gasteiger partial charge in [-0.1, -0.05) is 23.7 Å². The Morgan fingerprint density at radius 3 is 2.74 bits per heavy atom. The van der Waals surface area contributed by atoms with E-state index >= 15 is 0 Å². The van der Waals surface area contributed by atoms with E-state index in [0.717, 1.165) is 26.3 Å². The SMILES string of the molecule is Cc1cc(C(Cl)C2COc3ccccc3O2)sc1Cl. The third-order valence-corrected chi connectivity index (χ3v) is 5.29. The van der Waals surface area contributed by atoms with E-state index < -0.39 is 0 Å². The van der Waals surface area contributed by atoms with Crippen molar-refractivity contribution in [3.63, 3.8) is 0 Å². The number of ether oxygens (including phenoxy) is 2. The van der Waals surface area contributed by atoms with Crippen molar-refractivity contribution in [3.05, 3.63) is 45.1 Å². The van der Waals surface area contributed by atoms with Crippen LogP contribution in [0.1, 0.15) is 15.8 Å². The zero-order chi connectivity index (χ0) is 13.4. The van der Waals surface area contributed by atoms with Crippen molar-refractivity contribution in [2.24, 2.45) is 0 Å². The average molecular weight is 315 g/mol. The van der Waals surface area contributed by atoms with E-state index in [9.17, 15) is 0 Å². The van der Waals surface area contributed by atoms with Crippen LogP contribution >= 0.6 is 34.5 Å². The van der Waals surface area contributed by atoms with Gasteiger partial charge in [-0.05, 0) is 30.7 Å². The lowest BCUT2D eigenvalue weighted by molar-refractivity contribution is 0.0883. The lowest BCUT2D eigenvalue weighted by atomic mass is 10.2. The van der Waals surface area contributed by atoms with Gasteiger partial charge in [0, 0.05) is 4.88 Å². The van der Waals surface area contributed by atoms with E-state index in [0.29, 0.717) is 6.61 Å². The van der Waals surface area contributed by atoms with Crippen molar-refractivity contribution >= 4 is 34.5 Å². The van der Waals surface area contributed by atoms with Gasteiger partial charge in [0.05, 0.1) is 4.34 Å². The molecular formula is C14H12Cl2O2S. The normalized spacial score (nSPS) is 19.2. The van der Waals surface area contributed by atoms with Crippen LogP contribution in [0.4, 0.5) is 0 Å². The summed E-state index contributed by atoms with van der Waals surface area (Å²) < 4.78 is 12.4. The van der Waals surface area contributed by atoms with Crippen LogP contribution < -0.4 is 9.47 Å². The molecule has 0 saturated heterocycles. The average Bonchev–Trinajstić information content (AvgIpc) is 2.77. The Kier molecular flexibility index (Phi) is 3.61. The second kappa shape index (κ2) is 5.23. The van der Waals surface area contributed by atoms with Crippen LogP contribution in [0, 0.1) is 6.92 Å². The molecule has 0 fully saturated rings. The molecule has 2 atom stereocenters. The van der Waals surface area contributed by atoms with Crippen LogP contribution in [0.2, 0.25) is 4.34 Å². The monoisotopic (exact) mass is 314 g/mol. The van der Waals surface area contributed by atoms with Crippen LogP contribution in [0.25, 0.3) is 0 Å². The summed E-state index contributed by atoms with van der Waals surface area (Å²) in [7, 11) is 0. The Labute approximate surface area is 125 Å². The molecule has 0 N–H and O–H groups in total. The molecule has 2 heterocycles. The summed E-state index contributed by atoms with van der Waals surface area (Å²) >= 11 is 14.1. The fourth-order valence-corrected chi connectivity index (χ4v) is 3.55. The van der Waals surface area contributed by atoms with Gasteiger partial charge in [0.15, 0.2) is 17.6 Å². The molecule has 0 bridgehead atoms. The molecule has 2 unspecified atom stereocenters. The van der Waals surface area contributed by atoms with Gasteiger partial charge in [0.1, 0.15) is 12.0 Å². The molecule has 0 amide bonds. The Morgan fingerprint density at radius 2 is 2.05 bits per heavy atom. The van der Waals surface area contributed by atoms with E-state index in [1.54, 1.807) is 0 Å². The molecule has 0 aliphatic carbocycles. The number of rotatable bonds is 2. The smallest absolute Gasteiger partial charge is 0.161 e. The van der Waals surface area contributed by atoms with Crippen LogP contribution in [-0.4, -0.2) is 12.7 Å². The van der Waals surface area contributed by atoms with Gasteiger partial charge in [-0.3, -0.25) is 0 Å². The standard InChI is InChI=1S/C14H12Cl2O2S/c1-8-6-12(19-14(8)16)13(15)11-7-17-9-4-2-3-5-10(9)18-11/h2-6,11,13H,7H2,1H3. The summed E-state index contributed by atoms with van der Waals surface area (Å²) in [5.74, 6) is 1.51. The minimum absolute atomic E-state index is 0.203. The summed E-state index contributed by atoms with van der Waals surface area (Å²) in [5, 5.41) is -0.260. The second-order valence-corrected chi connectivity index (χ2v) is 6.58. The summed E-state index contributed by atoms with van der Waals surface area (Å²) in [5.41, 5.74) is 1.05. The molecule has 100 valence electrons. The highest BCUT2D eigenvalue weighted by Gasteiger charge is 2.30. The maximum atomic E-state index is 6.48. The van der Waals surface area contributed by atoms with Crippen LogP contribution in [0.5, 0.6) is 11.5 Å². The van der Waals surface area contributed by atoms with Crippen molar-refractivity contribution in [2.45, 2.75) is 18.4 Å². The number of hydrogen-bond donors (Lipinski definition) is 0. The molecule has 2 aromatic rings. The molecule has 1 aromatic carbocycles. The van der Waals surface area contributed by atoms with E-state index in [-0.39, 0.29) is 11.5 Å². The van der Waals surface area contributed by atoms with E-state index in [2.05, 4.69) is 0 Å². The largest absolute Gasteiger partial charge is 0.486 e. The van der Waals surface area contributed by atoms with Gasteiger partial charge in [-0.2, -0.15) is 0 Å². The second-order valence-electron chi connectivity index (χ2n) is 4.42. The highest BCUT2D eigenvalue weighted by molar-refractivity contribution is 7.16. The van der Waals surface area contributed by atoms with Gasteiger partial charge in [-0.25, -0.2) is 0 Å². The fraction of sp³-hybridized carbons (Fsp3) is 0.286. The quantitative estimate of drug-likeness (QED) is 0.739. The predicted octanol–water partition coefficient (Wildman–Crippen LogP) is 4.83. The van der Waals surface area contributed by atoms with Crippen molar-refractivity contribution in [3.8, 4) is 11.5 Å². The Balaban J connectivity index is 1.81. The highest BCUT2D eigenvalue weighted by atomic mass is 35.5. The van der Waals surface area contributed by atoms with Crippen LogP contribution in [0.15, 0.2) is 30.3 Å². The first-order valence-electron chi connectivity index (χ1n) is 5.93. The number of alkyl halides is 1. The number of thiophene rings is 1. The molecule has 1 aromatic heterocycles. The molecule has 1 aliphatic heterocycles. The molecular weight excluding hydrogens is 303 g/mol. The van der Waals surface area contributed by atoms with Crippen molar-refractivity contribution < 1.29 is 9.47 Å². The summed E-state index contributed by atoms with van der Waals surface area (Å²) in [4.78, 5) is 1.01. The Bertz CT molecular complexity index is 577. The number of para-hydroxylation sites is 2. The first kappa shape index (κ1) is 13.1. The number of fused-ring (bicyclic) bond motifs is 1. The molecule has 0 radical (unpaired) electrons. The van der Waals surface area contributed by atoms with Crippen molar-refractivity contribution in [1.29, 1.82) is 0 Å². The highest BCUT2D eigenvalue weighted by Crippen LogP contribution is 2.40. The first-order valence-corrected chi connectivity index (χ1v) is 7.56. The Morgan fingerprint density at radius 1 is 1.32 bits per heavy atom. The molecule has 5 heteroatoms. The van der Waals surface area contributed by atoms with Crippen LogP contribution in [0.3, 0.4) is 0 Å². The lowest BCUT2D eigenvalue weighted by Gasteiger charge is -2.28. The minimum Gasteiger partial charge on any atom is -0.486 e. The van der Waals surface area contributed by atoms with Gasteiger partial charge in [0.25, 0.3) is 0 Å². The van der Waals surface area contributed by atoms with Gasteiger partial charge < -0.3 is 9.47 Å². The zero-order valence-corrected chi connectivity index (χ0v) is 12.6. The molecule has 0 spiro atoms. The van der Waals surface area contributed by atoms with Crippen LogP contribution in [-0.2, 0) is 0 Å². The maximum absolute atomic E-state index is 6.48. The molecule has 2 nitrogen and oxygen atoms in total. The zero-order valence-electron chi connectivity index (χ0n) is 10.2. The summed E-state index contributed by atoms with van der Waals surface area (Å²) in [6.07, 6.45) is -0.203. The van der Waals surface area contributed by atoms with E-state index in [1.165, 1.54) is 11.3 Å². The fourth-order valence-electron chi connectivity index (χ4n) is 1.98. The number of benzene rings is 1.